The average Bonchev–Trinajstić information content (AvgIpc) is 2.94. The molecule has 0 aliphatic carbocycles. The van der Waals surface area contributed by atoms with E-state index in [1.54, 1.807) is 18.6 Å². The molecule has 0 saturated heterocycles. The number of ether oxygens (including phenoxy) is 1. The maximum absolute atomic E-state index is 5.90. The van der Waals surface area contributed by atoms with Gasteiger partial charge in [0.1, 0.15) is 10.4 Å². The zero-order chi connectivity index (χ0) is 17.8. The van der Waals surface area contributed by atoms with Crippen molar-refractivity contribution in [2.24, 2.45) is 0 Å². The first kappa shape index (κ1) is 16.4. The van der Waals surface area contributed by atoms with Crippen LogP contribution >= 0.6 is 23.8 Å². The van der Waals surface area contributed by atoms with E-state index in [9.17, 15) is 0 Å². The van der Waals surface area contributed by atoms with Crippen LogP contribution < -0.4 is 10.1 Å². The van der Waals surface area contributed by atoms with Crippen LogP contribution in [0, 0.1) is 11.6 Å². The van der Waals surface area contributed by atoms with Crippen molar-refractivity contribution in [3.63, 3.8) is 0 Å². The lowest BCUT2D eigenvalue weighted by molar-refractivity contribution is 0.414. The van der Waals surface area contributed by atoms with Crippen LogP contribution in [0.15, 0.2) is 42.5 Å². The van der Waals surface area contributed by atoms with Gasteiger partial charge in [0.05, 0.1) is 23.2 Å². The van der Waals surface area contributed by atoms with Gasteiger partial charge in [-0.3, -0.25) is 3.96 Å². The third-order valence-corrected chi connectivity index (χ3v) is 6.53. The quantitative estimate of drug-likeness (QED) is 0.569. The molecule has 1 N–H and O–H groups in total. The van der Waals surface area contributed by atoms with Crippen LogP contribution in [0.5, 0.6) is 5.75 Å². The number of aryl methyl sites for hydroxylation is 1. The molecule has 4 rings (SSSR count). The standard InChI is InChI=1S/C20H20N2OS2/c1-12-8-9-16-15(10-12)17-18(20(2,3)21-16)25-22(19(17)24)13-6-5-7-14(11-13)23-4/h5-11,21H,1-4H3. The molecule has 25 heavy (non-hydrogen) atoms. The molecule has 0 amide bonds. The Morgan fingerprint density at radius 1 is 1.16 bits per heavy atom. The van der Waals surface area contributed by atoms with E-state index in [2.05, 4.69) is 54.3 Å². The highest BCUT2D eigenvalue weighted by molar-refractivity contribution is 7.71. The van der Waals surface area contributed by atoms with E-state index in [4.69, 9.17) is 17.0 Å². The van der Waals surface area contributed by atoms with Crippen LogP contribution in [0.25, 0.3) is 16.8 Å². The van der Waals surface area contributed by atoms with Gasteiger partial charge in [-0.25, -0.2) is 0 Å². The Bertz CT molecular complexity index is 1030. The predicted molar refractivity (Wildman–Crippen MR) is 108 cm³/mol. The van der Waals surface area contributed by atoms with Gasteiger partial charge in [-0.1, -0.05) is 41.4 Å². The van der Waals surface area contributed by atoms with Gasteiger partial charge >= 0.3 is 0 Å². The smallest absolute Gasteiger partial charge is 0.129 e. The van der Waals surface area contributed by atoms with Crippen molar-refractivity contribution in [1.29, 1.82) is 0 Å². The van der Waals surface area contributed by atoms with E-state index in [1.807, 2.05) is 18.2 Å². The van der Waals surface area contributed by atoms with Crippen LogP contribution in [0.3, 0.4) is 0 Å². The summed E-state index contributed by atoms with van der Waals surface area (Å²) in [7, 11) is 1.68. The van der Waals surface area contributed by atoms with Crippen molar-refractivity contribution in [2.75, 3.05) is 12.4 Å². The second kappa shape index (κ2) is 5.71. The molecule has 0 bridgehead atoms. The lowest BCUT2D eigenvalue weighted by atomic mass is 9.89. The lowest BCUT2D eigenvalue weighted by Crippen LogP contribution is -2.30. The maximum Gasteiger partial charge on any atom is 0.129 e. The first-order chi connectivity index (χ1) is 11.9. The highest BCUT2D eigenvalue weighted by Gasteiger charge is 2.34. The lowest BCUT2D eigenvalue weighted by Gasteiger charge is -2.33. The average molecular weight is 369 g/mol. The minimum atomic E-state index is -0.167. The molecule has 2 heterocycles. The summed E-state index contributed by atoms with van der Waals surface area (Å²) in [5.41, 5.74) is 5.61. The second-order valence-electron chi connectivity index (χ2n) is 6.90. The minimum Gasteiger partial charge on any atom is -0.497 e. The largest absolute Gasteiger partial charge is 0.497 e. The fraction of sp³-hybridized carbons (Fsp3) is 0.250. The van der Waals surface area contributed by atoms with Crippen LogP contribution in [0.2, 0.25) is 0 Å². The molecule has 0 radical (unpaired) electrons. The maximum atomic E-state index is 5.90. The van der Waals surface area contributed by atoms with Crippen molar-refractivity contribution in [1.82, 2.24) is 3.96 Å². The molecular weight excluding hydrogens is 348 g/mol. The van der Waals surface area contributed by atoms with E-state index in [-0.39, 0.29) is 5.54 Å². The Labute approximate surface area is 157 Å². The molecule has 0 spiro atoms. The van der Waals surface area contributed by atoms with Gasteiger partial charge in [-0.05, 0) is 45.0 Å². The summed E-state index contributed by atoms with van der Waals surface area (Å²) in [6, 6.07) is 14.5. The van der Waals surface area contributed by atoms with Gasteiger partial charge < -0.3 is 10.1 Å². The molecular formula is C20H20N2OS2. The minimum absolute atomic E-state index is 0.167. The van der Waals surface area contributed by atoms with Crippen LogP contribution in [0.1, 0.15) is 24.3 Å². The molecule has 0 unspecified atom stereocenters. The first-order valence-corrected chi connectivity index (χ1v) is 9.39. The molecule has 128 valence electrons. The molecule has 1 aliphatic rings. The molecule has 1 aliphatic heterocycles. The summed E-state index contributed by atoms with van der Waals surface area (Å²) in [5, 5.41) is 3.66. The third-order valence-electron chi connectivity index (χ3n) is 4.56. The van der Waals surface area contributed by atoms with Gasteiger partial charge in [-0.15, -0.1) is 0 Å². The Kier molecular flexibility index (Phi) is 3.74. The summed E-state index contributed by atoms with van der Waals surface area (Å²) in [6.45, 7) is 6.52. The number of hydrogen-bond donors (Lipinski definition) is 1. The van der Waals surface area contributed by atoms with E-state index in [1.165, 1.54) is 21.6 Å². The summed E-state index contributed by atoms with van der Waals surface area (Å²) in [5.74, 6) is 0.833. The SMILES string of the molecule is COc1cccc(-n2sc3c(c2=S)-c2cc(C)ccc2NC3(C)C)c1. The van der Waals surface area contributed by atoms with Crippen molar-refractivity contribution in [3.8, 4) is 22.6 Å². The number of rotatable bonds is 2. The normalized spacial score (nSPS) is 14.4. The number of anilines is 1. The summed E-state index contributed by atoms with van der Waals surface area (Å²) in [6.07, 6.45) is 0. The molecule has 3 aromatic rings. The number of hydrogen-bond acceptors (Lipinski definition) is 4. The molecule has 3 nitrogen and oxygen atoms in total. The molecule has 1 aromatic heterocycles. The fourth-order valence-electron chi connectivity index (χ4n) is 3.32. The van der Waals surface area contributed by atoms with Crippen LogP contribution in [-0.2, 0) is 5.54 Å². The van der Waals surface area contributed by atoms with Gasteiger partial charge in [0, 0.05) is 22.9 Å². The fourth-order valence-corrected chi connectivity index (χ4v) is 4.96. The summed E-state index contributed by atoms with van der Waals surface area (Å²) in [4.78, 5) is 1.26. The Morgan fingerprint density at radius 3 is 2.72 bits per heavy atom. The van der Waals surface area contributed by atoms with E-state index >= 15 is 0 Å². The Hall–Kier alpha value is -2.11. The van der Waals surface area contributed by atoms with E-state index < -0.39 is 0 Å². The Morgan fingerprint density at radius 2 is 1.96 bits per heavy atom. The Balaban J connectivity index is 2.00. The van der Waals surface area contributed by atoms with Gasteiger partial charge in [0.15, 0.2) is 0 Å². The zero-order valence-corrected chi connectivity index (χ0v) is 16.3. The molecule has 2 aromatic carbocycles. The third kappa shape index (κ3) is 2.58. The topological polar surface area (TPSA) is 26.2 Å². The van der Waals surface area contributed by atoms with Gasteiger partial charge in [0.25, 0.3) is 0 Å². The molecule has 0 saturated carbocycles. The second-order valence-corrected chi connectivity index (χ2v) is 8.24. The zero-order valence-electron chi connectivity index (χ0n) is 14.7. The van der Waals surface area contributed by atoms with Crippen molar-refractivity contribution >= 4 is 29.4 Å². The number of benzene rings is 2. The van der Waals surface area contributed by atoms with Crippen LogP contribution in [-0.4, -0.2) is 11.1 Å². The molecule has 5 heteroatoms. The van der Waals surface area contributed by atoms with Crippen molar-refractivity contribution in [2.45, 2.75) is 26.3 Å². The number of nitrogens with one attached hydrogen (secondary N) is 1. The number of methoxy groups -OCH3 is 1. The molecule has 0 atom stereocenters. The van der Waals surface area contributed by atoms with Crippen molar-refractivity contribution < 1.29 is 4.74 Å². The number of aromatic nitrogens is 1. The highest BCUT2D eigenvalue weighted by Crippen LogP contribution is 2.47. The van der Waals surface area contributed by atoms with E-state index in [0.29, 0.717) is 0 Å². The first-order valence-electron chi connectivity index (χ1n) is 8.21. The summed E-state index contributed by atoms with van der Waals surface area (Å²) < 4.78 is 8.36. The van der Waals surface area contributed by atoms with Crippen LogP contribution in [0.4, 0.5) is 5.69 Å². The van der Waals surface area contributed by atoms with Crippen molar-refractivity contribution in [3.05, 3.63) is 57.5 Å². The predicted octanol–water partition coefficient (Wildman–Crippen LogP) is 5.91. The summed E-state index contributed by atoms with van der Waals surface area (Å²) >= 11 is 7.61. The van der Waals surface area contributed by atoms with Gasteiger partial charge in [-0.2, -0.15) is 0 Å². The van der Waals surface area contributed by atoms with E-state index in [0.717, 1.165) is 21.8 Å². The highest BCUT2D eigenvalue weighted by atomic mass is 32.1. The monoisotopic (exact) mass is 368 g/mol. The number of nitrogens with zero attached hydrogens (tertiary/aromatic N) is 1. The molecule has 0 fully saturated rings. The number of fused-ring (bicyclic) bond motifs is 3. The van der Waals surface area contributed by atoms with Gasteiger partial charge in [0.2, 0.25) is 0 Å².